The second-order valence-electron chi connectivity index (χ2n) is 7.61. The van der Waals surface area contributed by atoms with Crippen molar-refractivity contribution in [1.29, 1.82) is 0 Å². The second kappa shape index (κ2) is 6.41. The van der Waals surface area contributed by atoms with E-state index in [0.717, 1.165) is 18.1 Å². The summed E-state index contributed by atoms with van der Waals surface area (Å²) in [6.45, 7) is 2.64. The fourth-order valence-electron chi connectivity index (χ4n) is 4.44. The van der Waals surface area contributed by atoms with Crippen LogP contribution in [0.25, 0.3) is 10.8 Å². The maximum atomic E-state index is 13.1. The van der Waals surface area contributed by atoms with Crippen molar-refractivity contribution in [2.24, 2.45) is 0 Å². The van der Waals surface area contributed by atoms with Gasteiger partial charge in [-0.1, -0.05) is 62.0 Å². The first-order chi connectivity index (χ1) is 13.0. The second-order valence-corrected chi connectivity index (χ2v) is 12.1. The molecule has 2 aliphatic heterocycles. The van der Waals surface area contributed by atoms with Crippen LogP contribution in [-0.4, -0.2) is 37.1 Å². The quantitative estimate of drug-likeness (QED) is 0.626. The Hall–Kier alpha value is -1.74. The molecule has 3 nitrogen and oxygen atoms in total. The molecule has 27 heavy (non-hydrogen) atoms. The van der Waals surface area contributed by atoms with Gasteiger partial charge >= 0.3 is 0 Å². The monoisotopic (exact) mass is 395 g/mol. The Morgan fingerprint density at radius 3 is 2.41 bits per heavy atom. The average molecular weight is 395 g/mol. The number of aryl methyl sites for hydroxylation is 1. The Bertz CT molecular complexity index is 1110. The highest BCUT2D eigenvalue weighted by Crippen LogP contribution is 2.55. The zero-order chi connectivity index (χ0) is 18.6. The number of fused-ring (bicyclic) bond motifs is 3. The lowest BCUT2D eigenvalue weighted by Crippen LogP contribution is -2.40. The van der Waals surface area contributed by atoms with Crippen molar-refractivity contribution in [3.8, 4) is 0 Å². The number of hydrogen-bond donors (Lipinski definition) is 0. The maximum Gasteiger partial charge on any atom is 0.243 e. The van der Waals surface area contributed by atoms with Crippen LogP contribution in [0.1, 0.15) is 12.0 Å². The molecule has 5 rings (SSSR count). The lowest BCUT2D eigenvalue weighted by atomic mass is 10.1. The topological polar surface area (TPSA) is 37.4 Å². The summed E-state index contributed by atoms with van der Waals surface area (Å²) in [7, 11) is -3.66. The van der Waals surface area contributed by atoms with Crippen molar-refractivity contribution in [1.82, 2.24) is 4.31 Å². The standard InChI is InChI=1S/C22H22NO2PS/c1-16-6-10-22(11-7-16)27(24,25)23-14-21-13-19(23)15-26(21)20-9-8-17-4-2-3-5-18(17)12-20/h2-12,19,21H,13-15H2,1H3/t19-,21-,26?/m0/s1. The van der Waals surface area contributed by atoms with Crippen LogP contribution in [0.15, 0.2) is 71.6 Å². The molecule has 2 bridgehead atoms. The summed E-state index contributed by atoms with van der Waals surface area (Å²) in [6, 6.07) is 22.6. The highest BCUT2D eigenvalue weighted by atomic mass is 32.2. The molecule has 2 saturated heterocycles. The number of nitrogens with zero attached hydrogens (tertiary/aromatic N) is 1. The van der Waals surface area contributed by atoms with Gasteiger partial charge in [0.2, 0.25) is 10.0 Å². The molecule has 3 aromatic rings. The summed E-state index contributed by atoms with van der Waals surface area (Å²) >= 11 is 0. The van der Waals surface area contributed by atoms with E-state index in [0.29, 0.717) is 17.1 Å². The summed E-state index contributed by atoms with van der Waals surface area (Å²) < 4.78 is 27.9. The predicted molar refractivity (Wildman–Crippen MR) is 113 cm³/mol. The van der Waals surface area contributed by atoms with Gasteiger partial charge in [0.15, 0.2) is 0 Å². The number of sulfonamides is 1. The van der Waals surface area contributed by atoms with Gasteiger partial charge < -0.3 is 0 Å². The summed E-state index contributed by atoms with van der Waals surface area (Å²) in [5, 5.41) is 3.97. The molecular formula is C22H22NO2PS. The number of rotatable bonds is 3. The molecule has 5 heteroatoms. The first-order valence-corrected chi connectivity index (χ1v) is 12.4. The van der Waals surface area contributed by atoms with Crippen molar-refractivity contribution in [3.05, 3.63) is 72.3 Å². The van der Waals surface area contributed by atoms with E-state index >= 15 is 0 Å². The molecule has 3 aromatic carbocycles. The van der Waals surface area contributed by atoms with Crippen LogP contribution >= 0.6 is 7.92 Å². The van der Waals surface area contributed by atoms with Gasteiger partial charge in [-0.2, -0.15) is 4.31 Å². The molecule has 1 unspecified atom stereocenters. The minimum absolute atomic E-state index is 0.152. The molecule has 2 fully saturated rings. The highest BCUT2D eigenvalue weighted by Gasteiger charge is 2.49. The van der Waals surface area contributed by atoms with E-state index in [1.165, 1.54) is 16.1 Å². The summed E-state index contributed by atoms with van der Waals surface area (Å²) in [6.07, 6.45) is 1.99. The van der Waals surface area contributed by atoms with E-state index < -0.39 is 10.0 Å². The van der Waals surface area contributed by atoms with E-state index in [4.69, 9.17) is 0 Å². The van der Waals surface area contributed by atoms with E-state index in [2.05, 4.69) is 42.5 Å². The molecule has 0 spiro atoms. The molecule has 0 aliphatic carbocycles. The van der Waals surface area contributed by atoms with Crippen LogP contribution in [0.3, 0.4) is 0 Å². The smallest absolute Gasteiger partial charge is 0.207 e. The van der Waals surface area contributed by atoms with Gasteiger partial charge in [-0.15, -0.1) is 0 Å². The first-order valence-electron chi connectivity index (χ1n) is 9.36. The van der Waals surface area contributed by atoms with Crippen LogP contribution in [0.5, 0.6) is 0 Å². The van der Waals surface area contributed by atoms with Gasteiger partial charge in [0.05, 0.1) is 4.90 Å². The maximum absolute atomic E-state index is 13.1. The predicted octanol–water partition coefficient (Wildman–Crippen LogP) is 4.10. The normalized spacial score (nSPS) is 25.3. The van der Waals surface area contributed by atoms with Crippen LogP contribution in [0.2, 0.25) is 0 Å². The van der Waals surface area contributed by atoms with E-state index in [9.17, 15) is 8.42 Å². The van der Waals surface area contributed by atoms with Crippen molar-refractivity contribution < 1.29 is 8.42 Å². The molecule has 0 radical (unpaired) electrons. The SMILES string of the molecule is Cc1ccc(S(=O)(=O)N2C[C@@H]3C[C@H]2CP3c2ccc3ccccc3c2)cc1. The van der Waals surface area contributed by atoms with Gasteiger partial charge in [-0.3, -0.25) is 0 Å². The summed E-state index contributed by atoms with van der Waals surface area (Å²) in [4.78, 5) is 0.427. The Labute approximate surface area is 161 Å². The van der Waals surface area contributed by atoms with Gasteiger partial charge in [-0.25, -0.2) is 8.42 Å². The van der Waals surface area contributed by atoms with Gasteiger partial charge in [0, 0.05) is 12.6 Å². The van der Waals surface area contributed by atoms with Crippen molar-refractivity contribution in [3.63, 3.8) is 0 Å². The molecule has 0 amide bonds. The van der Waals surface area contributed by atoms with Crippen LogP contribution in [-0.2, 0) is 10.0 Å². The molecule has 0 saturated carbocycles. The largest absolute Gasteiger partial charge is 0.243 e. The molecule has 0 N–H and O–H groups in total. The fraction of sp³-hybridized carbons (Fsp3) is 0.273. The Balaban J connectivity index is 1.40. The third kappa shape index (κ3) is 2.91. The van der Waals surface area contributed by atoms with Crippen molar-refractivity contribution in [2.45, 2.75) is 29.9 Å². The third-order valence-electron chi connectivity index (χ3n) is 5.88. The molecule has 0 aromatic heterocycles. The Morgan fingerprint density at radius 2 is 1.70 bits per heavy atom. The summed E-state index contributed by atoms with van der Waals surface area (Å²) in [5.74, 6) is 0. The van der Waals surface area contributed by atoms with Crippen molar-refractivity contribution >= 4 is 34.0 Å². The Kier molecular flexibility index (Phi) is 4.12. The summed E-state index contributed by atoms with van der Waals surface area (Å²) in [5.41, 5.74) is 1.56. The molecule has 2 aliphatic rings. The van der Waals surface area contributed by atoms with E-state index in [1.54, 1.807) is 16.4 Å². The molecule has 3 atom stereocenters. The minimum Gasteiger partial charge on any atom is -0.207 e. The van der Waals surface area contributed by atoms with E-state index in [1.807, 2.05) is 19.1 Å². The van der Waals surface area contributed by atoms with Crippen LogP contribution in [0.4, 0.5) is 0 Å². The van der Waals surface area contributed by atoms with Crippen LogP contribution < -0.4 is 5.30 Å². The van der Waals surface area contributed by atoms with Crippen LogP contribution in [0, 0.1) is 6.92 Å². The zero-order valence-corrected chi connectivity index (χ0v) is 17.0. The molecular weight excluding hydrogens is 373 g/mol. The van der Waals surface area contributed by atoms with Gasteiger partial charge in [0.25, 0.3) is 0 Å². The van der Waals surface area contributed by atoms with E-state index in [-0.39, 0.29) is 14.0 Å². The molecule has 138 valence electrons. The number of benzene rings is 3. The zero-order valence-electron chi connectivity index (χ0n) is 15.2. The van der Waals surface area contributed by atoms with Gasteiger partial charge in [0.1, 0.15) is 0 Å². The highest BCUT2D eigenvalue weighted by molar-refractivity contribution is 7.89. The molecule has 2 heterocycles. The Morgan fingerprint density at radius 1 is 0.963 bits per heavy atom. The van der Waals surface area contributed by atoms with Gasteiger partial charge in [-0.05, 0) is 59.4 Å². The number of hydrogen-bond acceptors (Lipinski definition) is 2. The lowest BCUT2D eigenvalue weighted by Gasteiger charge is -2.31. The third-order valence-corrected chi connectivity index (χ3v) is 10.8. The minimum atomic E-state index is -3.38. The van der Waals surface area contributed by atoms with Crippen molar-refractivity contribution in [2.75, 3.05) is 12.7 Å². The first kappa shape index (κ1) is 17.4. The average Bonchev–Trinajstić information content (AvgIpc) is 3.29. The lowest BCUT2D eigenvalue weighted by molar-refractivity contribution is 0.408. The fourth-order valence-corrected chi connectivity index (χ4v) is 9.52.